The maximum absolute atomic E-state index is 13.1. The number of hydrogen-bond donors (Lipinski definition) is 2. The molecule has 1 amide bonds. The molecule has 1 atom stereocenters. The number of hydrogen-bond acceptors (Lipinski definition) is 6. The van der Waals surface area contributed by atoms with Gasteiger partial charge in [-0.25, -0.2) is 0 Å². The number of nitrogens with zero attached hydrogens (tertiary/aromatic N) is 1. The summed E-state index contributed by atoms with van der Waals surface area (Å²) in [6, 6.07) is 10.8. The van der Waals surface area contributed by atoms with Crippen LogP contribution in [0.25, 0.3) is 5.76 Å². The van der Waals surface area contributed by atoms with Gasteiger partial charge in [0.25, 0.3) is 11.7 Å². The van der Waals surface area contributed by atoms with Crippen LogP contribution in [0.15, 0.2) is 48.0 Å². The summed E-state index contributed by atoms with van der Waals surface area (Å²) in [6.07, 6.45) is 1.54. The Morgan fingerprint density at radius 1 is 1.09 bits per heavy atom. The van der Waals surface area contributed by atoms with E-state index >= 15 is 0 Å². The molecule has 0 radical (unpaired) electrons. The number of aliphatic hydroxyl groups excluding tert-OH is 1. The molecule has 2 aromatic carbocycles. The molecule has 0 bridgehead atoms. The topological polar surface area (TPSA) is 96.3 Å². The Morgan fingerprint density at radius 3 is 2.53 bits per heavy atom. The van der Waals surface area contributed by atoms with E-state index in [9.17, 15) is 19.8 Å². The first-order valence-electron chi connectivity index (χ1n) is 11.8. The standard InChI is InChI=1S/C27H33NO6/c1-5-7-13-28-24(18-11-12-21(29)22(15-18)33-6-2)23(26(31)27(28)32)25(30)19-9-8-10-20(14-19)34-16-17(3)4/h8-12,14-15,17,24,29-30H,5-7,13,16H2,1-4H3/b25-23-. The molecule has 34 heavy (non-hydrogen) atoms. The lowest BCUT2D eigenvalue weighted by molar-refractivity contribution is -0.139. The maximum Gasteiger partial charge on any atom is 0.295 e. The summed E-state index contributed by atoms with van der Waals surface area (Å²) in [6.45, 7) is 9.10. The van der Waals surface area contributed by atoms with Gasteiger partial charge in [-0.1, -0.05) is 45.4 Å². The highest BCUT2D eigenvalue weighted by molar-refractivity contribution is 6.46. The average molecular weight is 468 g/mol. The van der Waals surface area contributed by atoms with Gasteiger partial charge in [-0.3, -0.25) is 9.59 Å². The van der Waals surface area contributed by atoms with Crippen LogP contribution in [0, 0.1) is 5.92 Å². The lowest BCUT2D eigenvalue weighted by Crippen LogP contribution is -2.30. The highest BCUT2D eigenvalue weighted by Gasteiger charge is 2.46. The number of amides is 1. The third-order valence-electron chi connectivity index (χ3n) is 5.58. The number of aromatic hydroxyl groups is 1. The van der Waals surface area contributed by atoms with Crippen molar-refractivity contribution in [3.63, 3.8) is 0 Å². The van der Waals surface area contributed by atoms with E-state index in [1.165, 1.54) is 11.0 Å². The van der Waals surface area contributed by atoms with Gasteiger partial charge in [-0.15, -0.1) is 0 Å². The molecule has 0 aromatic heterocycles. The van der Waals surface area contributed by atoms with Gasteiger partial charge in [-0.05, 0) is 49.1 Å². The molecule has 0 aliphatic carbocycles. The molecule has 1 saturated heterocycles. The SMILES string of the molecule is CCCCN1C(=O)C(=O)/C(=C(\O)c2cccc(OCC(C)C)c2)C1c1ccc(O)c(OCC)c1. The molecule has 0 spiro atoms. The second-order valence-corrected chi connectivity index (χ2v) is 8.74. The fourth-order valence-corrected chi connectivity index (χ4v) is 3.91. The molecule has 0 saturated carbocycles. The zero-order chi connectivity index (χ0) is 24.8. The summed E-state index contributed by atoms with van der Waals surface area (Å²) in [5.74, 6) is -0.538. The van der Waals surface area contributed by atoms with Crippen LogP contribution in [0.1, 0.15) is 57.7 Å². The Kier molecular flexibility index (Phi) is 8.21. The third-order valence-corrected chi connectivity index (χ3v) is 5.58. The lowest BCUT2D eigenvalue weighted by Gasteiger charge is -2.25. The number of aliphatic hydroxyl groups is 1. The summed E-state index contributed by atoms with van der Waals surface area (Å²) >= 11 is 0. The summed E-state index contributed by atoms with van der Waals surface area (Å²) in [4.78, 5) is 27.6. The number of rotatable bonds is 10. The Bertz CT molecular complexity index is 1070. The van der Waals surface area contributed by atoms with Crippen LogP contribution in [0.2, 0.25) is 0 Å². The van der Waals surface area contributed by atoms with Crippen molar-refractivity contribution in [3.05, 3.63) is 59.2 Å². The number of likely N-dealkylation sites (tertiary alicyclic amines) is 1. The van der Waals surface area contributed by atoms with Gasteiger partial charge in [0, 0.05) is 12.1 Å². The van der Waals surface area contributed by atoms with E-state index in [0.717, 1.165) is 6.42 Å². The van der Waals surface area contributed by atoms with Crippen LogP contribution >= 0.6 is 0 Å². The molecular weight excluding hydrogens is 434 g/mol. The number of unbranched alkanes of at least 4 members (excludes halogenated alkanes) is 1. The minimum atomic E-state index is -0.799. The first-order valence-corrected chi connectivity index (χ1v) is 11.8. The Balaban J connectivity index is 2.12. The van der Waals surface area contributed by atoms with Gasteiger partial charge in [-0.2, -0.15) is 0 Å². The van der Waals surface area contributed by atoms with Gasteiger partial charge in [0.1, 0.15) is 11.5 Å². The van der Waals surface area contributed by atoms with Crippen molar-refractivity contribution in [2.45, 2.75) is 46.6 Å². The minimum Gasteiger partial charge on any atom is -0.507 e. The van der Waals surface area contributed by atoms with Crippen LogP contribution in [0.3, 0.4) is 0 Å². The number of phenolic OH excluding ortho intramolecular Hbond substituents is 1. The van der Waals surface area contributed by atoms with Crippen molar-refractivity contribution >= 4 is 17.4 Å². The normalized spacial score (nSPS) is 17.4. The van der Waals surface area contributed by atoms with Crippen molar-refractivity contribution in [2.75, 3.05) is 19.8 Å². The van der Waals surface area contributed by atoms with Crippen LogP contribution in [-0.2, 0) is 9.59 Å². The van der Waals surface area contributed by atoms with E-state index < -0.39 is 17.7 Å². The van der Waals surface area contributed by atoms with Crippen molar-refractivity contribution < 1.29 is 29.3 Å². The summed E-state index contributed by atoms with van der Waals surface area (Å²) in [5.41, 5.74) is 0.976. The fourth-order valence-electron chi connectivity index (χ4n) is 3.91. The predicted octanol–water partition coefficient (Wildman–Crippen LogP) is 5.05. The Morgan fingerprint density at radius 2 is 1.85 bits per heavy atom. The summed E-state index contributed by atoms with van der Waals surface area (Å²) in [7, 11) is 0. The molecule has 2 N–H and O–H groups in total. The molecule has 7 heteroatoms. The zero-order valence-electron chi connectivity index (χ0n) is 20.2. The number of ketones is 1. The summed E-state index contributed by atoms with van der Waals surface area (Å²) in [5, 5.41) is 21.4. The predicted molar refractivity (Wildman–Crippen MR) is 130 cm³/mol. The number of carbonyl (C=O) groups is 2. The molecule has 2 aromatic rings. The number of benzene rings is 2. The molecule has 1 fully saturated rings. The molecule has 182 valence electrons. The fraction of sp³-hybridized carbons (Fsp3) is 0.407. The Labute approximate surface area is 200 Å². The number of carbonyl (C=O) groups excluding carboxylic acids is 2. The van der Waals surface area contributed by atoms with E-state index in [0.29, 0.717) is 49.0 Å². The number of ether oxygens (including phenoxy) is 2. The summed E-state index contributed by atoms with van der Waals surface area (Å²) < 4.78 is 11.3. The third kappa shape index (κ3) is 5.35. The lowest BCUT2D eigenvalue weighted by atomic mass is 9.95. The molecule has 1 aliphatic heterocycles. The first-order chi connectivity index (χ1) is 16.3. The van der Waals surface area contributed by atoms with E-state index in [1.54, 1.807) is 43.3 Å². The molecule has 3 rings (SSSR count). The van der Waals surface area contributed by atoms with Crippen LogP contribution in [0.4, 0.5) is 0 Å². The minimum absolute atomic E-state index is 0.00949. The smallest absolute Gasteiger partial charge is 0.295 e. The highest BCUT2D eigenvalue weighted by Crippen LogP contribution is 2.42. The largest absolute Gasteiger partial charge is 0.507 e. The Hall–Kier alpha value is -3.48. The van der Waals surface area contributed by atoms with E-state index in [2.05, 4.69) is 0 Å². The van der Waals surface area contributed by atoms with Crippen LogP contribution in [0.5, 0.6) is 17.2 Å². The van der Waals surface area contributed by atoms with Crippen molar-refractivity contribution in [1.82, 2.24) is 4.90 Å². The molecule has 1 unspecified atom stereocenters. The second-order valence-electron chi connectivity index (χ2n) is 8.74. The molecular formula is C27H33NO6. The molecule has 7 nitrogen and oxygen atoms in total. The van der Waals surface area contributed by atoms with E-state index in [4.69, 9.17) is 9.47 Å². The highest BCUT2D eigenvalue weighted by atomic mass is 16.5. The van der Waals surface area contributed by atoms with Crippen molar-refractivity contribution in [1.29, 1.82) is 0 Å². The van der Waals surface area contributed by atoms with Gasteiger partial charge < -0.3 is 24.6 Å². The van der Waals surface area contributed by atoms with Crippen molar-refractivity contribution in [3.8, 4) is 17.2 Å². The molecule has 1 heterocycles. The quantitative estimate of drug-likeness (QED) is 0.288. The van der Waals surface area contributed by atoms with Gasteiger partial charge in [0.05, 0.1) is 24.8 Å². The zero-order valence-corrected chi connectivity index (χ0v) is 20.2. The van der Waals surface area contributed by atoms with Gasteiger partial charge >= 0.3 is 0 Å². The van der Waals surface area contributed by atoms with Gasteiger partial charge in [0.2, 0.25) is 0 Å². The van der Waals surface area contributed by atoms with Crippen molar-refractivity contribution in [2.24, 2.45) is 5.92 Å². The molecule has 1 aliphatic rings. The van der Waals surface area contributed by atoms with E-state index in [-0.39, 0.29) is 22.8 Å². The number of Topliss-reactive ketones (excluding diaryl/α,β-unsaturated/α-hetero) is 1. The van der Waals surface area contributed by atoms with Crippen LogP contribution in [-0.4, -0.2) is 46.6 Å². The monoisotopic (exact) mass is 467 g/mol. The van der Waals surface area contributed by atoms with E-state index in [1.807, 2.05) is 20.8 Å². The maximum atomic E-state index is 13.1. The first kappa shape index (κ1) is 25.1. The van der Waals surface area contributed by atoms with Gasteiger partial charge in [0.15, 0.2) is 11.5 Å². The van der Waals surface area contributed by atoms with Crippen LogP contribution < -0.4 is 9.47 Å². The second kappa shape index (κ2) is 11.1. The number of phenols is 1. The average Bonchev–Trinajstić information content (AvgIpc) is 3.07.